The molecule has 0 aliphatic carbocycles. The third-order valence-corrected chi connectivity index (χ3v) is 12.1. The van der Waals surface area contributed by atoms with Gasteiger partial charge in [0.2, 0.25) is 0 Å². The van der Waals surface area contributed by atoms with Gasteiger partial charge in [-0.25, -0.2) is 0 Å². The Kier molecular flexibility index (Phi) is 11.7. The van der Waals surface area contributed by atoms with Crippen LogP contribution in [0.4, 0.5) is 0 Å². The van der Waals surface area contributed by atoms with Gasteiger partial charge in [-0.05, 0) is 78.9 Å². The molecule has 0 unspecified atom stereocenters. The van der Waals surface area contributed by atoms with Crippen LogP contribution in [-0.2, 0) is 0 Å². The molecule has 7 rings (SSSR count). The SMILES string of the molecule is O=C(c1ccccc1)c1ccc(O)c(O)c1.Oc1cc(O)cc(O)c1.Oc1ccc([P+](c2ccccc2)(c2ccccc2)c2ccccc2)cc1. The molecule has 0 aliphatic heterocycles. The topological polar surface area (TPSA) is 138 Å². The molecule has 0 saturated heterocycles. The summed E-state index contributed by atoms with van der Waals surface area (Å²) in [5.41, 5.74) is 0.897. The summed E-state index contributed by atoms with van der Waals surface area (Å²) >= 11 is 0. The van der Waals surface area contributed by atoms with Crippen molar-refractivity contribution in [1.29, 1.82) is 0 Å². The number of ketones is 1. The van der Waals surface area contributed by atoms with Crippen LogP contribution in [0.15, 0.2) is 182 Å². The summed E-state index contributed by atoms with van der Waals surface area (Å²) in [4.78, 5) is 11.9. The quantitative estimate of drug-likeness (QED) is 0.0618. The number of hydrogen-bond donors (Lipinski definition) is 6. The van der Waals surface area contributed by atoms with E-state index in [-0.39, 0.29) is 34.5 Å². The van der Waals surface area contributed by atoms with Crippen LogP contribution >= 0.6 is 7.26 Å². The van der Waals surface area contributed by atoms with Gasteiger partial charge in [-0.3, -0.25) is 4.79 Å². The second-order valence-corrected chi connectivity index (χ2v) is 14.7. The average Bonchev–Trinajstić information content (AvgIpc) is 3.15. The molecule has 0 spiro atoms. The second-order valence-electron chi connectivity index (χ2n) is 11.3. The average molecular weight is 696 g/mol. The Morgan fingerprint density at radius 3 is 1.10 bits per heavy atom. The molecule has 7 aromatic rings. The van der Waals surface area contributed by atoms with E-state index in [9.17, 15) is 15.0 Å². The van der Waals surface area contributed by atoms with Gasteiger partial charge in [0.05, 0.1) is 0 Å². The maximum absolute atomic E-state index is 11.9. The Bertz CT molecular complexity index is 2010. The normalized spacial score (nSPS) is 10.5. The lowest BCUT2D eigenvalue weighted by Gasteiger charge is -2.27. The van der Waals surface area contributed by atoms with Crippen LogP contribution in [0.3, 0.4) is 0 Å². The van der Waals surface area contributed by atoms with Crippen LogP contribution in [0.2, 0.25) is 0 Å². The van der Waals surface area contributed by atoms with E-state index in [4.69, 9.17) is 20.4 Å². The lowest BCUT2D eigenvalue weighted by atomic mass is 10.0. The molecule has 0 aromatic heterocycles. The largest absolute Gasteiger partial charge is 0.508 e. The van der Waals surface area contributed by atoms with E-state index in [0.717, 1.165) is 18.2 Å². The zero-order valence-corrected chi connectivity index (χ0v) is 28.3. The van der Waals surface area contributed by atoms with Crippen molar-refractivity contribution in [3.8, 4) is 34.5 Å². The first-order valence-corrected chi connectivity index (χ1v) is 17.7. The Morgan fingerprint density at radius 2 is 0.706 bits per heavy atom. The molecule has 7 aromatic carbocycles. The van der Waals surface area contributed by atoms with Gasteiger partial charge in [0.15, 0.2) is 17.3 Å². The van der Waals surface area contributed by atoms with E-state index in [2.05, 4.69) is 103 Å². The van der Waals surface area contributed by atoms with Crippen molar-refractivity contribution in [2.75, 3.05) is 0 Å². The van der Waals surface area contributed by atoms with Crippen molar-refractivity contribution in [3.63, 3.8) is 0 Å². The van der Waals surface area contributed by atoms with Crippen molar-refractivity contribution >= 4 is 34.3 Å². The lowest BCUT2D eigenvalue weighted by Crippen LogP contribution is -2.38. The maximum atomic E-state index is 11.9. The number of benzene rings is 7. The molecule has 8 heteroatoms. The van der Waals surface area contributed by atoms with Gasteiger partial charge < -0.3 is 30.6 Å². The highest BCUT2D eigenvalue weighted by Gasteiger charge is 2.47. The predicted molar refractivity (Wildman–Crippen MR) is 204 cm³/mol. The fraction of sp³-hybridized carbons (Fsp3) is 0. The lowest BCUT2D eigenvalue weighted by molar-refractivity contribution is 0.103. The Labute approximate surface area is 296 Å². The first-order chi connectivity index (χ1) is 24.7. The summed E-state index contributed by atoms with van der Waals surface area (Å²) in [6.07, 6.45) is 0. The molecule has 0 fully saturated rings. The summed E-state index contributed by atoms with van der Waals surface area (Å²) in [5.74, 6) is -0.851. The van der Waals surface area contributed by atoms with Crippen molar-refractivity contribution in [3.05, 3.63) is 193 Å². The van der Waals surface area contributed by atoms with Gasteiger partial charge in [0.25, 0.3) is 0 Å². The number of hydrogen-bond acceptors (Lipinski definition) is 7. The van der Waals surface area contributed by atoms with Gasteiger partial charge >= 0.3 is 0 Å². The van der Waals surface area contributed by atoms with Crippen LogP contribution in [0.1, 0.15) is 15.9 Å². The molecule has 0 radical (unpaired) electrons. The molecule has 254 valence electrons. The fourth-order valence-electron chi connectivity index (χ4n) is 5.53. The van der Waals surface area contributed by atoms with Crippen LogP contribution in [0.5, 0.6) is 34.5 Å². The number of phenols is 6. The summed E-state index contributed by atoms with van der Waals surface area (Å²) in [6.45, 7) is 0. The zero-order valence-electron chi connectivity index (χ0n) is 27.4. The van der Waals surface area contributed by atoms with Crippen molar-refractivity contribution in [2.45, 2.75) is 0 Å². The first kappa shape index (κ1) is 35.7. The van der Waals surface area contributed by atoms with Crippen LogP contribution in [0.25, 0.3) is 0 Å². The first-order valence-electron chi connectivity index (χ1n) is 15.9. The standard InChI is InChI=1S/C24H19OP.C13H10O3.C6H6O3/c25-20-16-18-24(19-17-20)26(21-10-4-1-5-11-21,22-12-6-2-7-13-22)23-14-8-3-9-15-23;14-11-7-6-10(8-12(11)15)13(16)9-4-2-1-3-5-9;7-4-1-5(8)3-6(9)2-4/h1-19H;1-8,14-15H;1-3,7-9H/p+1. The van der Waals surface area contributed by atoms with Crippen LogP contribution < -0.4 is 21.2 Å². The Balaban J connectivity index is 0.000000170. The summed E-state index contributed by atoms with van der Waals surface area (Å²) in [5, 5.41) is 59.5. The molecule has 0 bridgehead atoms. The van der Waals surface area contributed by atoms with Gasteiger partial charge in [-0.1, -0.05) is 84.9 Å². The highest BCUT2D eigenvalue weighted by atomic mass is 31.2. The third kappa shape index (κ3) is 8.73. The van der Waals surface area contributed by atoms with Crippen molar-refractivity contribution in [2.24, 2.45) is 0 Å². The Morgan fingerprint density at radius 1 is 0.333 bits per heavy atom. The molecule has 7 nitrogen and oxygen atoms in total. The fourth-order valence-corrected chi connectivity index (χ4v) is 9.77. The molecule has 0 aliphatic rings. The van der Waals surface area contributed by atoms with E-state index in [0.29, 0.717) is 16.9 Å². The molecular formula is C43H36O7P+. The number of carbonyl (C=O) groups is 1. The van der Waals surface area contributed by atoms with E-state index < -0.39 is 7.26 Å². The molecule has 0 heterocycles. The summed E-state index contributed by atoms with van der Waals surface area (Å²) < 4.78 is 0. The van der Waals surface area contributed by atoms with Gasteiger partial charge in [-0.15, -0.1) is 0 Å². The van der Waals surface area contributed by atoms with E-state index in [1.165, 1.54) is 39.4 Å². The number of aromatic hydroxyl groups is 6. The van der Waals surface area contributed by atoms with Crippen LogP contribution in [-0.4, -0.2) is 36.4 Å². The highest BCUT2D eigenvalue weighted by Crippen LogP contribution is 2.54. The van der Waals surface area contributed by atoms with Gasteiger partial charge in [0, 0.05) is 29.3 Å². The smallest absolute Gasteiger partial charge is 0.193 e. The minimum atomic E-state index is -2.04. The monoisotopic (exact) mass is 695 g/mol. The van der Waals surface area contributed by atoms with Crippen molar-refractivity contribution < 1.29 is 35.4 Å². The van der Waals surface area contributed by atoms with Gasteiger partial charge in [0.1, 0.15) is 51.5 Å². The summed E-state index contributed by atoms with van der Waals surface area (Å²) in [6, 6.07) is 56.1. The minimum Gasteiger partial charge on any atom is -0.508 e. The molecule has 51 heavy (non-hydrogen) atoms. The molecule has 6 N–H and O–H groups in total. The molecule has 0 amide bonds. The molecular weight excluding hydrogens is 659 g/mol. The number of rotatable bonds is 6. The van der Waals surface area contributed by atoms with E-state index >= 15 is 0 Å². The van der Waals surface area contributed by atoms with E-state index in [1.54, 1.807) is 36.4 Å². The van der Waals surface area contributed by atoms with Crippen molar-refractivity contribution in [1.82, 2.24) is 0 Å². The molecule has 0 atom stereocenters. The summed E-state index contributed by atoms with van der Waals surface area (Å²) in [7, 11) is -2.04. The number of phenolic OH excluding ortho intramolecular Hbond substituents is 6. The third-order valence-electron chi connectivity index (χ3n) is 7.83. The Hall–Kier alpha value is -6.56. The predicted octanol–water partition coefficient (Wildman–Crippen LogP) is 7.14. The van der Waals surface area contributed by atoms with E-state index in [1.807, 2.05) is 6.07 Å². The zero-order chi connectivity index (χ0) is 36.2. The minimum absolute atomic E-state index is 0.146. The molecule has 0 saturated carbocycles. The van der Waals surface area contributed by atoms with Gasteiger partial charge in [-0.2, -0.15) is 0 Å². The van der Waals surface area contributed by atoms with Crippen LogP contribution in [0, 0.1) is 0 Å². The number of carbonyl (C=O) groups excluding carboxylic acids is 1. The highest BCUT2D eigenvalue weighted by molar-refractivity contribution is 8.01. The maximum Gasteiger partial charge on any atom is 0.193 e. The second kappa shape index (κ2) is 16.7.